The molecule has 0 atom stereocenters. The lowest BCUT2D eigenvalue weighted by atomic mass is 10.1. The van der Waals surface area contributed by atoms with Gasteiger partial charge in [0.15, 0.2) is 0 Å². The first-order valence-corrected chi connectivity index (χ1v) is 10.1. The Morgan fingerprint density at radius 2 is 1.74 bits per heavy atom. The standard InChI is InChI=1S/C17H26N2O3S/c20-23(21,19-9-11-22-12-10-19)14-16-6-2-1-5-15(16)13-18-17-7-3-4-8-17/h1-2,5-6,17-18H,3-4,7-14H2. The van der Waals surface area contributed by atoms with E-state index in [-0.39, 0.29) is 5.75 Å². The fourth-order valence-electron chi connectivity index (χ4n) is 3.37. The van der Waals surface area contributed by atoms with E-state index in [0.29, 0.717) is 32.3 Å². The van der Waals surface area contributed by atoms with Gasteiger partial charge in [0.25, 0.3) is 0 Å². The number of hydrogen-bond donors (Lipinski definition) is 1. The van der Waals surface area contributed by atoms with Gasteiger partial charge in [0.2, 0.25) is 10.0 Å². The van der Waals surface area contributed by atoms with Gasteiger partial charge in [-0.15, -0.1) is 0 Å². The summed E-state index contributed by atoms with van der Waals surface area (Å²) in [6.45, 7) is 2.66. The van der Waals surface area contributed by atoms with E-state index in [4.69, 9.17) is 4.74 Å². The van der Waals surface area contributed by atoms with Crippen LogP contribution < -0.4 is 5.32 Å². The number of morpholine rings is 1. The molecule has 0 amide bonds. The number of benzene rings is 1. The highest BCUT2D eigenvalue weighted by molar-refractivity contribution is 7.88. The average Bonchev–Trinajstić information content (AvgIpc) is 3.08. The third-order valence-electron chi connectivity index (χ3n) is 4.76. The zero-order valence-corrected chi connectivity index (χ0v) is 14.4. The summed E-state index contributed by atoms with van der Waals surface area (Å²) in [7, 11) is -3.27. The fourth-order valence-corrected chi connectivity index (χ4v) is 4.93. The third-order valence-corrected chi connectivity index (χ3v) is 6.58. The second kappa shape index (κ2) is 7.75. The zero-order chi connectivity index (χ0) is 16.1. The molecule has 0 aromatic heterocycles. The normalized spacial score (nSPS) is 20.9. The Kier molecular flexibility index (Phi) is 5.69. The van der Waals surface area contributed by atoms with E-state index in [2.05, 4.69) is 5.32 Å². The molecular weight excluding hydrogens is 312 g/mol. The van der Waals surface area contributed by atoms with Crippen molar-refractivity contribution in [3.05, 3.63) is 35.4 Å². The molecule has 0 unspecified atom stereocenters. The first-order valence-electron chi connectivity index (χ1n) is 8.51. The number of sulfonamides is 1. The van der Waals surface area contributed by atoms with Crippen LogP contribution in [0.15, 0.2) is 24.3 Å². The summed E-state index contributed by atoms with van der Waals surface area (Å²) in [5, 5.41) is 3.58. The van der Waals surface area contributed by atoms with E-state index in [9.17, 15) is 8.42 Å². The van der Waals surface area contributed by atoms with Crippen LogP contribution in [0.1, 0.15) is 36.8 Å². The molecule has 1 aliphatic carbocycles. The fraction of sp³-hybridized carbons (Fsp3) is 0.647. The van der Waals surface area contributed by atoms with Gasteiger partial charge < -0.3 is 10.1 Å². The van der Waals surface area contributed by atoms with Crippen LogP contribution in [0.2, 0.25) is 0 Å². The van der Waals surface area contributed by atoms with Crippen LogP contribution in [0.4, 0.5) is 0 Å². The maximum atomic E-state index is 12.6. The van der Waals surface area contributed by atoms with Crippen LogP contribution in [0.5, 0.6) is 0 Å². The topological polar surface area (TPSA) is 58.6 Å². The lowest BCUT2D eigenvalue weighted by molar-refractivity contribution is 0.0729. The summed E-state index contributed by atoms with van der Waals surface area (Å²) < 4.78 is 32.0. The number of ether oxygens (including phenoxy) is 1. The van der Waals surface area contributed by atoms with Gasteiger partial charge in [-0.25, -0.2) is 8.42 Å². The Balaban J connectivity index is 1.66. The second-order valence-corrected chi connectivity index (χ2v) is 8.37. The lowest BCUT2D eigenvalue weighted by Gasteiger charge is -2.26. The number of hydrogen-bond acceptors (Lipinski definition) is 4. The Morgan fingerprint density at radius 3 is 2.43 bits per heavy atom. The van der Waals surface area contributed by atoms with Crippen molar-refractivity contribution in [2.24, 2.45) is 0 Å². The van der Waals surface area contributed by atoms with Gasteiger partial charge in [0, 0.05) is 25.7 Å². The molecule has 1 aromatic carbocycles. The van der Waals surface area contributed by atoms with E-state index in [0.717, 1.165) is 17.7 Å². The van der Waals surface area contributed by atoms with Crippen molar-refractivity contribution in [2.75, 3.05) is 26.3 Å². The van der Waals surface area contributed by atoms with Gasteiger partial charge in [0.1, 0.15) is 0 Å². The van der Waals surface area contributed by atoms with Crippen LogP contribution in [0.3, 0.4) is 0 Å². The SMILES string of the molecule is O=S(=O)(Cc1ccccc1CNC1CCCC1)N1CCOCC1. The average molecular weight is 338 g/mol. The highest BCUT2D eigenvalue weighted by Gasteiger charge is 2.25. The number of rotatable bonds is 6. The Bertz CT molecular complexity index is 606. The highest BCUT2D eigenvalue weighted by Crippen LogP contribution is 2.20. The van der Waals surface area contributed by atoms with Crippen molar-refractivity contribution in [1.29, 1.82) is 0 Å². The first-order chi connectivity index (χ1) is 11.1. The highest BCUT2D eigenvalue weighted by atomic mass is 32.2. The Hall–Kier alpha value is -0.950. The number of nitrogens with one attached hydrogen (secondary N) is 1. The van der Waals surface area contributed by atoms with Crippen LogP contribution >= 0.6 is 0 Å². The van der Waals surface area contributed by atoms with Gasteiger partial charge >= 0.3 is 0 Å². The summed E-state index contributed by atoms with van der Waals surface area (Å²) in [4.78, 5) is 0. The van der Waals surface area contributed by atoms with Crippen molar-refractivity contribution >= 4 is 10.0 Å². The van der Waals surface area contributed by atoms with E-state index >= 15 is 0 Å². The molecule has 5 nitrogen and oxygen atoms in total. The Labute approximate surface area is 139 Å². The van der Waals surface area contributed by atoms with Crippen LogP contribution in [-0.2, 0) is 27.1 Å². The number of nitrogens with zero attached hydrogens (tertiary/aromatic N) is 1. The van der Waals surface area contributed by atoms with Gasteiger partial charge in [-0.05, 0) is 24.0 Å². The zero-order valence-electron chi connectivity index (χ0n) is 13.5. The summed E-state index contributed by atoms with van der Waals surface area (Å²) >= 11 is 0. The molecule has 1 N–H and O–H groups in total. The minimum Gasteiger partial charge on any atom is -0.379 e. The molecule has 0 radical (unpaired) electrons. The van der Waals surface area contributed by atoms with Gasteiger partial charge in [-0.1, -0.05) is 37.1 Å². The van der Waals surface area contributed by atoms with Crippen LogP contribution in [-0.4, -0.2) is 45.1 Å². The van der Waals surface area contributed by atoms with E-state index in [1.165, 1.54) is 25.7 Å². The smallest absolute Gasteiger partial charge is 0.218 e. The lowest BCUT2D eigenvalue weighted by Crippen LogP contribution is -2.41. The van der Waals surface area contributed by atoms with E-state index < -0.39 is 10.0 Å². The maximum absolute atomic E-state index is 12.6. The van der Waals surface area contributed by atoms with Gasteiger partial charge in [-0.2, -0.15) is 4.31 Å². The minimum absolute atomic E-state index is 0.0789. The van der Waals surface area contributed by atoms with Crippen molar-refractivity contribution in [3.8, 4) is 0 Å². The summed E-state index contributed by atoms with van der Waals surface area (Å²) in [5.74, 6) is 0.0789. The predicted molar refractivity (Wildman–Crippen MR) is 90.6 cm³/mol. The molecule has 2 fully saturated rings. The van der Waals surface area contributed by atoms with Crippen LogP contribution in [0, 0.1) is 0 Å². The van der Waals surface area contributed by atoms with Crippen molar-refractivity contribution in [2.45, 2.75) is 44.0 Å². The summed E-state index contributed by atoms with van der Waals surface area (Å²) in [5.41, 5.74) is 2.00. The summed E-state index contributed by atoms with van der Waals surface area (Å²) in [6, 6.07) is 8.45. The van der Waals surface area contributed by atoms with Crippen LogP contribution in [0.25, 0.3) is 0 Å². The molecule has 1 saturated carbocycles. The Morgan fingerprint density at radius 1 is 1.09 bits per heavy atom. The van der Waals surface area contributed by atoms with Crippen molar-refractivity contribution in [3.63, 3.8) is 0 Å². The predicted octanol–water partition coefficient (Wildman–Crippen LogP) is 1.88. The van der Waals surface area contributed by atoms with E-state index in [1.807, 2.05) is 24.3 Å². The van der Waals surface area contributed by atoms with E-state index in [1.54, 1.807) is 4.31 Å². The largest absolute Gasteiger partial charge is 0.379 e. The molecule has 0 spiro atoms. The molecule has 6 heteroatoms. The van der Waals surface area contributed by atoms with Crippen molar-refractivity contribution < 1.29 is 13.2 Å². The minimum atomic E-state index is -3.27. The monoisotopic (exact) mass is 338 g/mol. The molecule has 128 valence electrons. The molecule has 0 bridgehead atoms. The van der Waals surface area contributed by atoms with Crippen molar-refractivity contribution in [1.82, 2.24) is 9.62 Å². The van der Waals surface area contributed by atoms with Gasteiger partial charge in [0.05, 0.1) is 19.0 Å². The first kappa shape index (κ1) is 16.9. The quantitative estimate of drug-likeness (QED) is 0.860. The molecule has 3 rings (SSSR count). The molecule has 1 aliphatic heterocycles. The maximum Gasteiger partial charge on any atom is 0.218 e. The molecule has 1 heterocycles. The summed E-state index contributed by atoms with van der Waals surface area (Å²) in [6.07, 6.45) is 5.05. The second-order valence-electron chi connectivity index (χ2n) is 6.40. The van der Waals surface area contributed by atoms with Gasteiger partial charge in [-0.3, -0.25) is 0 Å². The molecular formula is C17H26N2O3S. The third kappa shape index (κ3) is 4.53. The molecule has 1 saturated heterocycles. The molecule has 2 aliphatic rings. The molecule has 23 heavy (non-hydrogen) atoms. The molecule has 1 aromatic rings.